The third kappa shape index (κ3) is 2.57. The molecule has 0 spiro atoms. The second-order valence-electron chi connectivity index (χ2n) is 4.15. The summed E-state index contributed by atoms with van der Waals surface area (Å²) in [5.74, 6) is 0.593. The van der Waals surface area contributed by atoms with Crippen molar-refractivity contribution in [3.8, 4) is 5.75 Å². The standard InChI is InChI=1S/C14H11N3O2Se/c1-19-11-5-3-10(4-6-11)15-14(18)9-2-7-12-13(8-9)17-20-16-12/h2-8H,1H3,(H,15,18). The number of nitrogens with one attached hydrogen (secondary N) is 1. The summed E-state index contributed by atoms with van der Waals surface area (Å²) >= 11 is -0.0760. The summed E-state index contributed by atoms with van der Waals surface area (Å²) in [6.07, 6.45) is 0. The van der Waals surface area contributed by atoms with Crippen LogP contribution in [0.2, 0.25) is 0 Å². The zero-order valence-corrected chi connectivity index (χ0v) is 12.4. The number of aromatic nitrogens is 2. The molecule has 3 aromatic rings. The molecule has 0 bridgehead atoms. The van der Waals surface area contributed by atoms with Crippen molar-refractivity contribution in [2.45, 2.75) is 0 Å². The third-order valence-corrected chi connectivity index (χ3v) is 4.03. The Labute approximate surface area is 121 Å². The van der Waals surface area contributed by atoms with Crippen molar-refractivity contribution in [2.75, 3.05) is 12.4 Å². The quantitative estimate of drug-likeness (QED) is 0.745. The van der Waals surface area contributed by atoms with Crippen LogP contribution in [0.1, 0.15) is 10.4 Å². The first-order valence-corrected chi connectivity index (χ1v) is 7.47. The van der Waals surface area contributed by atoms with Crippen molar-refractivity contribution in [1.29, 1.82) is 0 Å². The maximum absolute atomic E-state index is 12.2. The number of ether oxygens (including phenoxy) is 1. The molecule has 0 aliphatic carbocycles. The van der Waals surface area contributed by atoms with Gasteiger partial charge in [-0.2, -0.15) is 0 Å². The number of anilines is 1. The van der Waals surface area contributed by atoms with Crippen molar-refractivity contribution in [1.82, 2.24) is 7.96 Å². The van der Waals surface area contributed by atoms with Gasteiger partial charge in [-0.3, -0.25) is 0 Å². The first kappa shape index (κ1) is 12.8. The molecule has 0 fully saturated rings. The number of nitrogens with zero attached hydrogens (tertiary/aromatic N) is 2. The molecule has 2 aromatic carbocycles. The number of amides is 1. The summed E-state index contributed by atoms with van der Waals surface area (Å²) in [5, 5.41) is 2.84. The molecular formula is C14H11N3O2Se. The normalized spacial score (nSPS) is 10.4. The van der Waals surface area contributed by atoms with E-state index in [9.17, 15) is 4.79 Å². The molecule has 0 aliphatic heterocycles. The van der Waals surface area contributed by atoms with Gasteiger partial charge in [-0.25, -0.2) is 0 Å². The number of carbonyl (C=O) groups excluding carboxylic acids is 1. The van der Waals surface area contributed by atoms with Crippen molar-refractivity contribution >= 4 is 37.6 Å². The Morgan fingerprint density at radius 3 is 2.60 bits per heavy atom. The molecule has 0 aliphatic rings. The number of carbonyl (C=O) groups is 1. The van der Waals surface area contributed by atoms with Crippen LogP contribution in [0.3, 0.4) is 0 Å². The summed E-state index contributed by atoms with van der Waals surface area (Å²) in [4.78, 5) is 12.2. The van der Waals surface area contributed by atoms with Gasteiger partial charge < -0.3 is 0 Å². The van der Waals surface area contributed by atoms with Gasteiger partial charge >= 0.3 is 121 Å². The Kier molecular flexibility index (Phi) is 3.50. The average molecular weight is 332 g/mol. The van der Waals surface area contributed by atoms with E-state index in [0.717, 1.165) is 22.5 Å². The second kappa shape index (κ2) is 5.44. The van der Waals surface area contributed by atoms with Gasteiger partial charge in [0.25, 0.3) is 0 Å². The van der Waals surface area contributed by atoms with Gasteiger partial charge in [0, 0.05) is 0 Å². The van der Waals surface area contributed by atoms with Crippen molar-refractivity contribution < 1.29 is 9.53 Å². The molecule has 0 radical (unpaired) electrons. The zero-order chi connectivity index (χ0) is 13.9. The fourth-order valence-electron chi connectivity index (χ4n) is 1.80. The Morgan fingerprint density at radius 2 is 1.85 bits per heavy atom. The van der Waals surface area contributed by atoms with Gasteiger partial charge in [-0.05, 0) is 0 Å². The number of hydrogen-bond donors (Lipinski definition) is 1. The van der Waals surface area contributed by atoms with E-state index in [0.29, 0.717) is 5.56 Å². The minimum atomic E-state index is -0.160. The molecule has 1 aromatic heterocycles. The predicted molar refractivity (Wildman–Crippen MR) is 77.4 cm³/mol. The fraction of sp³-hybridized carbons (Fsp3) is 0.0714. The molecule has 0 atom stereocenters. The van der Waals surface area contributed by atoms with Crippen LogP contribution >= 0.6 is 0 Å². The molecule has 3 rings (SSSR count). The molecule has 20 heavy (non-hydrogen) atoms. The van der Waals surface area contributed by atoms with Crippen LogP contribution < -0.4 is 10.1 Å². The SMILES string of the molecule is COc1ccc(NC(=O)c2ccc3n[se]nc3c2)cc1. The number of fused-ring (bicyclic) bond motifs is 1. The van der Waals surface area contributed by atoms with E-state index in [2.05, 4.69) is 13.3 Å². The summed E-state index contributed by atoms with van der Waals surface area (Å²) in [5.41, 5.74) is 2.97. The molecule has 6 heteroatoms. The van der Waals surface area contributed by atoms with Crippen molar-refractivity contribution in [3.05, 3.63) is 48.0 Å². The van der Waals surface area contributed by atoms with Crippen LogP contribution in [0.25, 0.3) is 11.0 Å². The van der Waals surface area contributed by atoms with Gasteiger partial charge in [0.15, 0.2) is 0 Å². The zero-order valence-electron chi connectivity index (χ0n) is 10.7. The van der Waals surface area contributed by atoms with Gasteiger partial charge in [0.1, 0.15) is 0 Å². The van der Waals surface area contributed by atoms with E-state index in [1.54, 1.807) is 43.5 Å². The third-order valence-electron chi connectivity index (χ3n) is 2.86. The van der Waals surface area contributed by atoms with Gasteiger partial charge in [0.2, 0.25) is 0 Å². The topological polar surface area (TPSA) is 64.1 Å². The van der Waals surface area contributed by atoms with Crippen LogP contribution in [0.5, 0.6) is 5.75 Å². The summed E-state index contributed by atoms with van der Waals surface area (Å²) in [6, 6.07) is 12.6. The number of rotatable bonds is 3. The molecule has 0 unspecified atom stereocenters. The second-order valence-corrected chi connectivity index (χ2v) is 5.26. The van der Waals surface area contributed by atoms with Crippen LogP contribution in [0.15, 0.2) is 42.5 Å². The maximum atomic E-state index is 12.2. The summed E-state index contributed by atoms with van der Waals surface area (Å²) in [7, 11) is 1.61. The Balaban J connectivity index is 1.80. The van der Waals surface area contributed by atoms with Crippen LogP contribution in [-0.4, -0.2) is 35.9 Å². The first-order valence-electron chi connectivity index (χ1n) is 5.94. The van der Waals surface area contributed by atoms with E-state index in [1.165, 1.54) is 0 Å². The van der Waals surface area contributed by atoms with Crippen molar-refractivity contribution in [2.24, 2.45) is 0 Å². The molecule has 0 saturated carbocycles. The Morgan fingerprint density at radius 1 is 1.10 bits per heavy atom. The Hall–Kier alpha value is -2.17. The van der Waals surface area contributed by atoms with Gasteiger partial charge in [0.05, 0.1) is 0 Å². The van der Waals surface area contributed by atoms with Crippen molar-refractivity contribution in [3.63, 3.8) is 0 Å². The fourth-order valence-corrected chi connectivity index (χ4v) is 2.89. The monoisotopic (exact) mass is 333 g/mol. The van der Waals surface area contributed by atoms with E-state index in [1.807, 2.05) is 6.07 Å². The van der Waals surface area contributed by atoms with E-state index < -0.39 is 0 Å². The van der Waals surface area contributed by atoms with E-state index in [-0.39, 0.29) is 20.9 Å². The number of benzene rings is 2. The molecule has 0 saturated heterocycles. The van der Waals surface area contributed by atoms with Crippen LogP contribution in [0.4, 0.5) is 5.69 Å². The first-order chi connectivity index (χ1) is 9.76. The molecular weight excluding hydrogens is 321 g/mol. The van der Waals surface area contributed by atoms with E-state index in [4.69, 9.17) is 4.74 Å². The van der Waals surface area contributed by atoms with Crippen LogP contribution in [0, 0.1) is 0 Å². The van der Waals surface area contributed by atoms with Crippen LogP contribution in [-0.2, 0) is 0 Å². The molecule has 5 nitrogen and oxygen atoms in total. The number of hydrogen-bond acceptors (Lipinski definition) is 4. The number of methoxy groups -OCH3 is 1. The van der Waals surface area contributed by atoms with Gasteiger partial charge in [-0.15, -0.1) is 0 Å². The molecule has 100 valence electrons. The predicted octanol–water partition coefficient (Wildman–Crippen LogP) is 1.95. The summed E-state index contributed by atoms with van der Waals surface area (Å²) in [6.45, 7) is 0. The molecule has 1 heterocycles. The van der Waals surface area contributed by atoms with Gasteiger partial charge in [-0.1, -0.05) is 0 Å². The molecule has 1 amide bonds. The molecule has 1 N–H and O–H groups in total. The summed E-state index contributed by atoms with van der Waals surface area (Å²) < 4.78 is 13.6. The Bertz CT molecular complexity index is 752. The van der Waals surface area contributed by atoms with E-state index >= 15 is 0 Å². The average Bonchev–Trinajstić information content (AvgIpc) is 2.95. The minimum absolute atomic E-state index is 0.0760.